The number of amides is 1. The van der Waals surface area contributed by atoms with Gasteiger partial charge in [0.2, 0.25) is 0 Å². The van der Waals surface area contributed by atoms with E-state index in [1.807, 2.05) is 6.07 Å². The normalized spacial score (nSPS) is 16.4. The number of halogens is 4. The van der Waals surface area contributed by atoms with Crippen molar-refractivity contribution in [3.05, 3.63) is 83.6 Å². The highest BCUT2D eigenvalue weighted by Gasteiger charge is 2.36. The van der Waals surface area contributed by atoms with Gasteiger partial charge in [0.1, 0.15) is 34.8 Å². The number of rotatable bonds is 6. The van der Waals surface area contributed by atoms with E-state index in [9.17, 15) is 27.5 Å². The summed E-state index contributed by atoms with van der Waals surface area (Å²) in [5.74, 6) is -3.78. The molecule has 0 bridgehead atoms. The molecule has 2 N–H and O–H groups in total. The SMILES string of the molecule is CC(C)(C)OC(=O)NCc1cc2cc(-c3ccc(C(O)N4CCC(F)(F)CC4)cc3)cc(-c3cc(F)cc(F)c3)c2o1. The van der Waals surface area contributed by atoms with Gasteiger partial charge in [0, 0.05) is 42.9 Å². The van der Waals surface area contributed by atoms with Crippen molar-refractivity contribution >= 4 is 17.1 Å². The molecule has 1 aromatic heterocycles. The molecule has 42 heavy (non-hydrogen) atoms. The Bertz CT molecular complexity index is 1560. The van der Waals surface area contributed by atoms with Crippen molar-refractivity contribution in [2.24, 2.45) is 0 Å². The summed E-state index contributed by atoms with van der Waals surface area (Å²) in [6.07, 6.45) is -2.23. The van der Waals surface area contributed by atoms with Crippen molar-refractivity contribution in [1.82, 2.24) is 10.2 Å². The fraction of sp³-hybridized carbons (Fsp3) is 0.344. The van der Waals surface area contributed by atoms with Crippen LogP contribution in [0.4, 0.5) is 22.4 Å². The molecule has 0 spiro atoms. The number of alkyl halides is 2. The minimum atomic E-state index is -2.71. The van der Waals surface area contributed by atoms with Crippen LogP contribution < -0.4 is 5.32 Å². The second-order valence-electron chi connectivity index (χ2n) is 11.6. The van der Waals surface area contributed by atoms with Gasteiger partial charge in [-0.1, -0.05) is 24.3 Å². The van der Waals surface area contributed by atoms with Crippen LogP contribution in [0.15, 0.2) is 65.1 Å². The highest BCUT2D eigenvalue weighted by Crippen LogP contribution is 2.37. The molecule has 1 amide bonds. The van der Waals surface area contributed by atoms with Gasteiger partial charge in [-0.25, -0.2) is 22.4 Å². The Morgan fingerprint density at radius 1 is 0.976 bits per heavy atom. The molecule has 1 unspecified atom stereocenters. The molecule has 1 saturated heterocycles. The highest BCUT2D eigenvalue weighted by molar-refractivity contribution is 5.97. The van der Waals surface area contributed by atoms with Crippen LogP contribution in [0, 0.1) is 11.6 Å². The molecular weight excluding hydrogens is 552 g/mol. The van der Waals surface area contributed by atoms with Gasteiger partial charge in [-0.05, 0) is 73.4 Å². The number of nitrogens with one attached hydrogen (secondary N) is 1. The number of likely N-dealkylation sites (tertiary alicyclic amines) is 1. The molecule has 0 saturated carbocycles. The topological polar surface area (TPSA) is 74.9 Å². The monoisotopic (exact) mass is 584 g/mol. The predicted octanol–water partition coefficient (Wildman–Crippen LogP) is 7.79. The van der Waals surface area contributed by atoms with Gasteiger partial charge in [0.05, 0.1) is 6.54 Å². The first-order valence-corrected chi connectivity index (χ1v) is 13.7. The van der Waals surface area contributed by atoms with Crippen molar-refractivity contribution in [1.29, 1.82) is 0 Å². The molecule has 1 fully saturated rings. The molecule has 0 aliphatic carbocycles. The fourth-order valence-corrected chi connectivity index (χ4v) is 5.01. The van der Waals surface area contributed by atoms with E-state index < -0.39 is 35.5 Å². The van der Waals surface area contributed by atoms with E-state index in [-0.39, 0.29) is 38.0 Å². The number of aliphatic hydroxyl groups is 1. The number of hydrogen-bond donors (Lipinski definition) is 2. The minimum Gasteiger partial charge on any atom is -0.459 e. The maximum atomic E-state index is 14.2. The summed E-state index contributed by atoms with van der Waals surface area (Å²) in [6, 6.07) is 15.6. The largest absolute Gasteiger partial charge is 0.459 e. The Balaban J connectivity index is 1.46. The first-order chi connectivity index (χ1) is 19.8. The zero-order valence-electron chi connectivity index (χ0n) is 23.5. The maximum Gasteiger partial charge on any atom is 0.408 e. The number of alkyl carbamates (subject to hydrolysis) is 1. The van der Waals surface area contributed by atoms with E-state index in [1.165, 1.54) is 12.1 Å². The van der Waals surface area contributed by atoms with E-state index in [1.54, 1.807) is 62.1 Å². The summed E-state index contributed by atoms with van der Waals surface area (Å²) >= 11 is 0. The third kappa shape index (κ3) is 6.94. The van der Waals surface area contributed by atoms with Gasteiger partial charge in [-0.3, -0.25) is 4.90 Å². The van der Waals surface area contributed by atoms with Crippen LogP contribution in [0.2, 0.25) is 0 Å². The molecule has 6 nitrogen and oxygen atoms in total. The zero-order chi connectivity index (χ0) is 30.2. The van der Waals surface area contributed by atoms with Gasteiger partial charge in [0.25, 0.3) is 5.92 Å². The molecule has 1 aliphatic heterocycles. The van der Waals surface area contributed by atoms with Crippen LogP contribution in [0.5, 0.6) is 0 Å². The predicted molar refractivity (Wildman–Crippen MR) is 151 cm³/mol. The maximum absolute atomic E-state index is 14.2. The zero-order valence-corrected chi connectivity index (χ0v) is 23.5. The Hall–Kier alpha value is -3.89. The lowest BCUT2D eigenvalue weighted by Crippen LogP contribution is -2.41. The summed E-state index contributed by atoms with van der Waals surface area (Å²) in [4.78, 5) is 13.8. The van der Waals surface area contributed by atoms with Crippen LogP contribution in [0.1, 0.15) is 51.2 Å². The average Bonchev–Trinajstić information content (AvgIpc) is 3.33. The molecule has 1 atom stereocenters. The molecule has 1 aliphatic rings. The lowest BCUT2D eigenvalue weighted by molar-refractivity contribution is -0.0961. The second kappa shape index (κ2) is 11.4. The summed E-state index contributed by atoms with van der Waals surface area (Å²) in [5.41, 5.74) is 2.47. The van der Waals surface area contributed by atoms with Crippen molar-refractivity contribution in [3.8, 4) is 22.3 Å². The van der Waals surface area contributed by atoms with E-state index in [2.05, 4.69) is 5.32 Å². The number of fused-ring (bicyclic) bond motifs is 1. The van der Waals surface area contributed by atoms with Gasteiger partial charge in [0.15, 0.2) is 0 Å². The van der Waals surface area contributed by atoms with E-state index in [0.29, 0.717) is 33.4 Å². The number of carbonyl (C=O) groups is 1. The molecule has 10 heteroatoms. The van der Waals surface area contributed by atoms with Crippen molar-refractivity contribution in [2.45, 2.75) is 57.9 Å². The van der Waals surface area contributed by atoms with Crippen molar-refractivity contribution in [2.75, 3.05) is 13.1 Å². The first kappa shape index (κ1) is 29.6. The fourth-order valence-electron chi connectivity index (χ4n) is 5.01. The molecule has 3 aromatic carbocycles. The third-order valence-corrected chi connectivity index (χ3v) is 7.06. The molecule has 2 heterocycles. The van der Waals surface area contributed by atoms with Gasteiger partial charge in [-0.15, -0.1) is 0 Å². The average molecular weight is 585 g/mol. The molecule has 5 rings (SSSR count). The second-order valence-corrected chi connectivity index (χ2v) is 11.6. The number of nitrogens with zero attached hydrogens (tertiary/aromatic N) is 1. The standard InChI is InChI=1S/C32H32F4N2O4/c1-31(2,3)42-30(40)37-18-26-15-23-12-21(16-27(28(23)41-26)22-13-24(33)17-25(34)14-22)19-4-6-20(7-5-19)29(39)38-10-8-32(35,36)9-11-38/h4-7,12-17,29,39H,8-11,18H2,1-3H3,(H,37,40). The summed E-state index contributed by atoms with van der Waals surface area (Å²) in [6.45, 7) is 5.47. The summed E-state index contributed by atoms with van der Waals surface area (Å²) < 4.78 is 66.8. The van der Waals surface area contributed by atoms with E-state index >= 15 is 0 Å². The quantitative estimate of drug-likeness (QED) is 0.226. The smallest absolute Gasteiger partial charge is 0.408 e. The Morgan fingerprint density at radius 3 is 2.24 bits per heavy atom. The first-order valence-electron chi connectivity index (χ1n) is 13.7. The number of benzene rings is 3. The number of piperidine rings is 1. The molecule has 4 aromatic rings. The summed E-state index contributed by atoms with van der Waals surface area (Å²) in [7, 11) is 0. The summed E-state index contributed by atoms with van der Waals surface area (Å²) in [5, 5.41) is 14.1. The lowest BCUT2D eigenvalue weighted by Gasteiger charge is -2.35. The third-order valence-electron chi connectivity index (χ3n) is 7.06. The van der Waals surface area contributed by atoms with Crippen LogP contribution in [0.3, 0.4) is 0 Å². The van der Waals surface area contributed by atoms with Crippen LogP contribution in [-0.4, -0.2) is 40.7 Å². The highest BCUT2D eigenvalue weighted by atomic mass is 19.3. The Morgan fingerprint density at radius 2 is 1.62 bits per heavy atom. The van der Waals surface area contributed by atoms with E-state index in [4.69, 9.17) is 9.15 Å². The number of hydrogen-bond acceptors (Lipinski definition) is 5. The number of furan rings is 1. The molecular formula is C32H32F4N2O4. The Kier molecular flexibility index (Phi) is 8.04. The molecule has 0 radical (unpaired) electrons. The van der Waals surface area contributed by atoms with Gasteiger partial charge < -0.3 is 19.6 Å². The van der Waals surface area contributed by atoms with Crippen molar-refractivity contribution in [3.63, 3.8) is 0 Å². The van der Waals surface area contributed by atoms with Crippen LogP contribution in [0.25, 0.3) is 33.2 Å². The number of ether oxygens (including phenoxy) is 1. The lowest BCUT2D eigenvalue weighted by atomic mass is 9.95. The van der Waals surface area contributed by atoms with E-state index in [0.717, 1.165) is 11.6 Å². The Labute approximate surface area is 240 Å². The van der Waals surface area contributed by atoms with Gasteiger partial charge in [-0.2, -0.15) is 0 Å². The molecule has 222 valence electrons. The van der Waals surface area contributed by atoms with Crippen LogP contribution >= 0.6 is 0 Å². The van der Waals surface area contributed by atoms with Gasteiger partial charge >= 0.3 is 6.09 Å². The number of carbonyl (C=O) groups excluding carboxylic acids is 1. The number of aliphatic hydroxyl groups excluding tert-OH is 1. The minimum absolute atomic E-state index is 0.0326. The van der Waals surface area contributed by atoms with Crippen molar-refractivity contribution < 1.29 is 36.6 Å². The van der Waals surface area contributed by atoms with Crippen LogP contribution in [-0.2, 0) is 11.3 Å².